The molecule has 1 fully saturated rings. The van der Waals surface area contributed by atoms with Gasteiger partial charge in [0.1, 0.15) is 16.8 Å². The van der Waals surface area contributed by atoms with Crippen LogP contribution in [0, 0.1) is 29.5 Å². The van der Waals surface area contributed by atoms with Gasteiger partial charge in [-0.05, 0) is 92.5 Å². The first-order valence-electron chi connectivity index (χ1n) is 13.4. The molecule has 3 heterocycles. The molecule has 1 aliphatic heterocycles. The lowest BCUT2D eigenvalue weighted by Gasteiger charge is -2.37. The minimum Gasteiger partial charge on any atom is -0.481 e. The summed E-state index contributed by atoms with van der Waals surface area (Å²) in [6.45, 7) is 5.17. The van der Waals surface area contributed by atoms with Gasteiger partial charge in [-0.2, -0.15) is 5.26 Å². The number of aromatic nitrogens is 1. The molecule has 5 aromatic rings. The van der Waals surface area contributed by atoms with Gasteiger partial charge in [0.05, 0.1) is 16.6 Å². The van der Waals surface area contributed by atoms with Gasteiger partial charge in [-0.15, -0.1) is 11.3 Å². The van der Waals surface area contributed by atoms with Crippen LogP contribution in [0.1, 0.15) is 30.2 Å². The zero-order valence-corrected chi connectivity index (χ0v) is 24.4. The Kier molecular flexibility index (Phi) is 7.10. The fraction of sp³-hybridized carbons (Fsp3) is 0.212. The Labute approximate surface area is 246 Å². The van der Waals surface area contributed by atoms with Crippen LogP contribution in [0.25, 0.3) is 33.3 Å². The number of rotatable bonds is 6. The number of aliphatic carboxylic acids is 1. The topological polar surface area (TPSA) is 69.3 Å². The predicted molar refractivity (Wildman–Crippen MR) is 165 cm³/mol. The molecule has 0 atom stereocenters. The minimum atomic E-state index is -0.746. The third kappa shape index (κ3) is 5.01. The molecule has 0 saturated carbocycles. The third-order valence-electron chi connectivity index (χ3n) is 8.01. The van der Waals surface area contributed by atoms with Gasteiger partial charge in [-0.3, -0.25) is 8.77 Å². The van der Waals surface area contributed by atoms with Crippen molar-refractivity contribution in [1.29, 1.82) is 5.26 Å². The summed E-state index contributed by atoms with van der Waals surface area (Å²) in [5.41, 5.74) is 5.76. The standard InChI is InChI=1S/C33H28FN3O2S2/c1-21-6-9-25(10-7-21)41-37-28-11-8-23(34)19-27(28)30(26-12-17-40-29(26)20-35)31(37)22-4-3-5-24(18-22)36-15-13-33(2,14-16-36)32(38)39/h3-12,17-19H,13-16H2,1-2H3,(H,38,39). The van der Waals surface area contributed by atoms with Gasteiger partial charge < -0.3 is 10.0 Å². The summed E-state index contributed by atoms with van der Waals surface area (Å²) in [7, 11) is 0. The van der Waals surface area contributed by atoms with E-state index in [4.69, 9.17) is 0 Å². The molecule has 0 amide bonds. The first-order chi connectivity index (χ1) is 19.8. The smallest absolute Gasteiger partial charge is 0.309 e. The first kappa shape index (κ1) is 27.1. The lowest BCUT2D eigenvalue weighted by Crippen LogP contribution is -2.42. The Hall–Kier alpha value is -4.06. The van der Waals surface area contributed by atoms with E-state index < -0.39 is 11.4 Å². The Morgan fingerprint density at radius 3 is 2.54 bits per heavy atom. The van der Waals surface area contributed by atoms with Gasteiger partial charge in [0.15, 0.2) is 0 Å². The number of benzene rings is 3. The fourth-order valence-corrected chi connectivity index (χ4v) is 7.19. The van der Waals surface area contributed by atoms with Crippen molar-refractivity contribution in [2.24, 2.45) is 5.41 Å². The van der Waals surface area contributed by atoms with Crippen molar-refractivity contribution in [2.45, 2.75) is 31.6 Å². The third-order valence-corrected chi connectivity index (χ3v) is 9.87. The normalized spacial score (nSPS) is 14.7. The molecule has 1 saturated heterocycles. The van der Waals surface area contributed by atoms with Crippen LogP contribution in [0.2, 0.25) is 0 Å². The molecule has 0 aliphatic carbocycles. The molecule has 1 aliphatic rings. The van der Waals surface area contributed by atoms with E-state index in [1.807, 2.05) is 30.5 Å². The fourth-order valence-electron chi connectivity index (χ4n) is 5.48. The number of carboxylic acids is 1. The number of carbonyl (C=O) groups is 1. The summed E-state index contributed by atoms with van der Waals surface area (Å²) in [5.74, 6) is -1.08. The van der Waals surface area contributed by atoms with Crippen LogP contribution in [-0.4, -0.2) is 28.1 Å². The molecular formula is C33H28FN3O2S2. The van der Waals surface area contributed by atoms with Crippen LogP contribution >= 0.6 is 23.3 Å². The van der Waals surface area contributed by atoms with Crippen LogP contribution in [-0.2, 0) is 4.79 Å². The molecule has 1 N–H and O–H groups in total. The van der Waals surface area contributed by atoms with Crippen LogP contribution in [0.3, 0.4) is 0 Å². The molecule has 41 heavy (non-hydrogen) atoms. The maximum absolute atomic E-state index is 14.8. The quantitative estimate of drug-likeness (QED) is 0.217. The van der Waals surface area contributed by atoms with E-state index in [0.29, 0.717) is 30.8 Å². The summed E-state index contributed by atoms with van der Waals surface area (Å²) in [6.07, 6.45) is 1.14. The Bertz CT molecular complexity index is 1810. The number of anilines is 1. The highest BCUT2D eigenvalue weighted by Gasteiger charge is 2.37. The number of nitrogens with zero attached hydrogens (tertiary/aromatic N) is 3. The van der Waals surface area contributed by atoms with Crippen molar-refractivity contribution in [2.75, 3.05) is 18.0 Å². The Morgan fingerprint density at radius 1 is 1.07 bits per heavy atom. The van der Waals surface area contributed by atoms with Crippen molar-refractivity contribution in [3.8, 4) is 28.5 Å². The molecule has 6 rings (SSSR count). The number of nitriles is 1. The maximum Gasteiger partial charge on any atom is 0.309 e. The van der Waals surface area contributed by atoms with E-state index in [2.05, 4.69) is 58.3 Å². The second kappa shape index (κ2) is 10.7. The van der Waals surface area contributed by atoms with E-state index in [0.717, 1.165) is 43.9 Å². The number of hydrogen-bond acceptors (Lipinski definition) is 5. The highest BCUT2D eigenvalue weighted by molar-refractivity contribution is 7.98. The van der Waals surface area contributed by atoms with E-state index in [9.17, 15) is 19.6 Å². The van der Waals surface area contributed by atoms with Gasteiger partial charge in [0.2, 0.25) is 0 Å². The zero-order chi connectivity index (χ0) is 28.7. The highest BCUT2D eigenvalue weighted by atomic mass is 32.2. The largest absolute Gasteiger partial charge is 0.481 e. The van der Waals surface area contributed by atoms with Gasteiger partial charge in [0, 0.05) is 45.7 Å². The van der Waals surface area contributed by atoms with Crippen molar-refractivity contribution in [3.63, 3.8) is 0 Å². The second-order valence-electron chi connectivity index (χ2n) is 10.8. The van der Waals surface area contributed by atoms with E-state index in [1.165, 1.54) is 23.0 Å². The number of fused-ring (bicyclic) bond motifs is 1. The summed E-state index contributed by atoms with van der Waals surface area (Å²) >= 11 is 2.94. The molecule has 3 aromatic carbocycles. The van der Waals surface area contributed by atoms with Gasteiger partial charge in [-0.1, -0.05) is 29.8 Å². The van der Waals surface area contributed by atoms with Crippen molar-refractivity contribution in [3.05, 3.63) is 94.4 Å². The van der Waals surface area contributed by atoms with E-state index >= 15 is 0 Å². The Morgan fingerprint density at radius 2 is 1.83 bits per heavy atom. The molecule has 8 heteroatoms. The molecular weight excluding hydrogens is 554 g/mol. The average molecular weight is 582 g/mol. The number of hydrogen-bond donors (Lipinski definition) is 1. The zero-order valence-electron chi connectivity index (χ0n) is 22.7. The van der Waals surface area contributed by atoms with Gasteiger partial charge >= 0.3 is 5.97 Å². The minimum absolute atomic E-state index is 0.333. The summed E-state index contributed by atoms with van der Waals surface area (Å²) < 4.78 is 16.9. The number of aryl methyl sites for hydroxylation is 1. The number of piperidine rings is 1. The second-order valence-corrected chi connectivity index (χ2v) is 12.7. The van der Waals surface area contributed by atoms with E-state index in [-0.39, 0.29) is 5.82 Å². The van der Waals surface area contributed by atoms with Gasteiger partial charge in [0.25, 0.3) is 0 Å². The SMILES string of the molecule is Cc1ccc(Sn2c(-c3cccc(N4CCC(C)(C(=O)O)CC4)c3)c(-c3ccsc3C#N)c3cc(F)ccc32)cc1. The number of halogens is 1. The van der Waals surface area contributed by atoms with Gasteiger partial charge in [-0.25, -0.2) is 4.39 Å². The molecule has 0 bridgehead atoms. The number of carboxylic acid groups (broad SMARTS) is 1. The van der Waals surface area contributed by atoms with Crippen LogP contribution in [0.4, 0.5) is 10.1 Å². The highest BCUT2D eigenvalue weighted by Crippen LogP contribution is 2.47. The predicted octanol–water partition coefficient (Wildman–Crippen LogP) is 8.60. The lowest BCUT2D eigenvalue weighted by molar-refractivity contribution is -0.149. The molecule has 0 spiro atoms. The molecule has 5 nitrogen and oxygen atoms in total. The molecule has 2 aromatic heterocycles. The van der Waals surface area contributed by atoms with Crippen LogP contribution in [0.5, 0.6) is 0 Å². The lowest BCUT2D eigenvalue weighted by atomic mass is 9.80. The maximum atomic E-state index is 14.8. The van der Waals surface area contributed by atoms with Crippen molar-refractivity contribution < 1.29 is 14.3 Å². The molecule has 0 radical (unpaired) electrons. The van der Waals surface area contributed by atoms with Crippen LogP contribution in [0.15, 0.2) is 83.1 Å². The summed E-state index contributed by atoms with van der Waals surface area (Å²) in [6, 6.07) is 25.6. The van der Waals surface area contributed by atoms with E-state index in [1.54, 1.807) is 24.1 Å². The Balaban J connectivity index is 1.55. The summed E-state index contributed by atoms with van der Waals surface area (Å²) in [5, 5.41) is 22.3. The summed E-state index contributed by atoms with van der Waals surface area (Å²) in [4.78, 5) is 15.7. The molecule has 206 valence electrons. The average Bonchev–Trinajstić information content (AvgIpc) is 3.56. The van der Waals surface area contributed by atoms with Crippen molar-refractivity contribution >= 4 is 45.8 Å². The molecule has 0 unspecified atom stereocenters. The number of thiophene rings is 1. The van der Waals surface area contributed by atoms with Crippen molar-refractivity contribution in [1.82, 2.24) is 3.97 Å². The first-order valence-corrected chi connectivity index (χ1v) is 15.1. The van der Waals surface area contributed by atoms with Crippen LogP contribution < -0.4 is 4.90 Å². The monoisotopic (exact) mass is 581 g/mol.